The summed E-state index contributed by atoms with van der Waals surface area (Å²) in [6.07, 6.45) is -4.53. The molecule has 0 bridgehead atoms. The van der Waals surface area contributed by atoms with Crippen LogP contribution in [-0.4, -0.2) is 11.0 Å². The third-order valence-electron chi connectivity index (χ3n) is 4.13. The lowest BCUT2D eigenvalue weighted by molar-refractivity contribution is -0.137. The van der Waals surface area contributed by atoms with Crippen molar-refractivity contribution in [2.24, 2.45) is 0 Å². The van der Waals surface area contributed by atoms with Gasteiger partial charge in [-0.3, -0.25) is 10.1 Å². The number of thiocarbonyl (C=S) groups is 1. The standard InChI is InChI=1S/C22H16ClF3N2O2S/c23-18-11-8-16(22(24,25)26)12-19(18)27-21(31)28-20(29)15-6-9-17(10-7-15)30-13-14-4-2-1-3-5-14/h1-12H,13H2,(H2,27,28,29,31). The summed E-state index contributed by atoms with van der Waals surface area (Å²) in [5.41, 5.74) is 0.353. The monoisotopic (exact) mass is 464 g/mol. The minimum Gasteiger partial charge on any atom is -0.489 e. The maximum atomic E-state index is 12.9. The molecule has 0 aliphatic carbocycles. The first-order valence-electron chi connectivity index (χ1n) is 8.98. The van der Waals surface area contributed by atoms with Crippen molar-refractivity contribution in [2.75, 3.05) is 5.32 Å². The molecular weight excluding hydrogens is 449 g/mol. The average molecular weight is 465 g/mol. The lowest BCUT2D eigenvalue weighted by Gasteiger charge is -2.14. The molecule has 9 heteroatoms. The van der Waals surface area contributed by atoms with E-state index in [-0.39, 0.29) is 15.8 Å². The van der Waals surface area contributed by atoms with Crippen molar-refractivity contribution in [1.82, 2.24) is 5.32 Å². The number of amides is 1. The molecule has 2 N–H and O–H groups in total. The van der Waals surface area contributed by atoms with Gasteiger partial charge in [-0.25, -0.2) is 0 Å². The van der Waals surface area contributed by atoms with E-state index in [4.69, 9.17) is 28.6 Å². The van der Waals surface area contributed by atoms with Crippen LogP contribution < -0.4 is 15.4 Å². The third kappa shape index (κ3) is 6.44. The second-order valence-electron chi connectivity index (χ2n) is 6.40. The zero-order valence-corrected chi connectivity index (χ0v) is 17.4. The molecule has 0 unspecified atom stereocenters. The second-order valence-corrected chi connectivity index (χ2v) is 7.21. The first-order chi connectivity index (χ1) is 14.7. The molecule has 0 saturated carbocycles. The van der Waals surface area contributed by atoms with Crippen molar-refractivity contribution in [3.63, 3.8) is 0 Å². The van der Waals surface area contributed by atoms with Gasteiger partial charge in [0.2, 0.25) is 0 Å². The number of alkyl halides is 3. The van der Waals surface area contributed by atoms with E-state index < -0.39 is 17.6 Å². The predicted molar refractivity (Wildman–Crippen MR) is 117 cm³/mol. The minimum absolute atomic E-state index is 0.0320. The Morgan fingerprint density at radius 1 is 1.00 bits per heavy atom. The smallest absolute Gasteiger partial charge is 0.416 e. The zero-order chi connectivity index (χ0) is 22.4. The fourth-order valence-electron chi connectivity index (χ4n) is 2.57. The summed E-state index contributed by atoms with van der Waals surface area (Å²) < 4.78 is 44.3. The van der Waals surface area contributed by atoms with E-state index in [9.17, 15) is 18.0 Å². The Hall–Kier alpha value is -3.10. The van der Waals surface area contributed by atoms with Crippen LogP contribution in [0.4, 0.5) is 18.9 Å². The maximum absolute atomic E-state index is 12.9. The van der Waals surface area contributed by atoms with Crippen LogP contribution in [0.3, 0.4) is 0 Å². The number of halogens is 4. The molecule has 3 aromatic rings. The Balaban J connectivity index is 1.58. The van der Waals surface area contributed by atoms with E-state index in [1.165, 1.54) is 0 Å². The fourth-order valence-corrected chi connectivity index (χ4v) is 2.94. The van der Waals surface area contributed by atoms with E-state index in [0.717, 1.165) is 23.8 Å². The molecule has 0 atom stereocenters. The van der Waals surface area contributed by atoms with Gasteiger partial charge in [0.25, 0.3) is 5.91 Å². The molecule has 0 aliphatic heterocycles. The molecular formula is C22H16ClF3N2O2S. The van der Waals surface area contributed by atoms with Gasteiger partial charge < -0.3 is 10.1 Å². The van der Waals surface area contributed by atoms with Gasteiger partial charge in [0.05, 0.1) is 16.3 Å². The molecule has 31 heavy (non-hydrogen) atoms. The molecule has 0 heterocycles. The molecule has 3 aromatic carbocycles. The zero-order valence-electron chi connectivity index (χ0n) is 15.9. The molecule has 0 saturated heterocycles. The Labute approximate surface area is 187 Å². The largest absolute Gasteiger partial charge is 0.489 e. The number of carbonyl (C=O) groups excluding carboxylic acids is 1. The number of benzene rings is 3. The van der Waals surface area contributed by atoms with Crippen LogP contribution in [-0.2, 0) is 12.8 Å². The SMILES string of the molecule is O=C(NC(=S)Nc1cc(C(F)(F)F)ccc1Cl)c1ccc(OCc2ccccc2)cc1. The minimum atomic E-state index is -4.53. The summed E-state index contributed by atoms with van der Waals surface area (Å²) in [6, 6.07) is 18.8. The highest BCUT2D eigenvalue weighted by Gasteiger charge is 2.31. The third-order valence-corrected chi connectivity index (χ3v) is 4.67. The number of carbonyl (C=O) groups is 1. The van der Waals surface area contributed by atoms with Crippen molar-refractivity contribution < 1.29 is 22.7 Å². The van der Waals surface area contributed by atoms with Gasteiger partial charge in [-0.2, -0.15) is 13.2 Å². The highest BCUT2D eigenvalue weighted by atomic mass is 35.5. The van der Waals surface area contributed by atoms with E-state index in [2.05, 4.69) is 10.6 Å². The summed E-state index contributed by atoms with van der Waals surface area (Å²) in [5, 5.41) is 4.77. The summed E-state index contributed by atoms with van der Waals surface area (Å²) in [6.45, 7) is 0.387. The van der Waals surface area contributed by atoms with Gasteiger partial charge in [0, 0.05) is 5.56 Å². The highest BCUT2D eigenvalue weighted by molar-refractivity contribution is 7.80. The van der Waals surface area contributed by atoms with E-state index in [0.29, 0.717) is 17.9 Å². The lowest BCUT2D eigenvalue weighted by atomic mass is 10.2. The number of rotatable bonds is 5. The normalized spacial score (nSPS) is 11.0. The molecule has 0 aliphatic rings. The summed E-state index contributed by atoms with van der Waals surface area (Å²) in [5.74, 6) is 0.0482. The van der Waals surface area contributed by atoms with Crippen molar-refractivity contribution in [2.45, 2.75) is 12.8 Å². The van der Waals surface area contributed by atoms with Gasteiger partial charge in [-0.1, -0.05) is 41.9 Å². The Bertz CT molecular complexity index is 1070. The molecule has 4 nitrogen and oxygen atoms in total. The van der Waals surface area contributed by atoms with E-state index in [1.807, 2.05) is 30.3 Å². The van der Waals surface area contributed by atoms with E-state index in [1.54, 1.807) is 24.3 Å². The Morgan fingerprint density at radius 2 is 1.68 bits per heavy atom. The molecule has 0 radical (unpaired) electrons. The van der Waals surface area contributed by atoms with Gasteiger partial charge in [0.1, 0.15) is 12.4 Å². The molecule has 3 rings (SSSR count). The number of hydrogen-bond acceptors (Lipinski definition) is 3. The van der Waals surface area contributed by atoms with Crippen LogP contribution >= 0.6 is 23.8 Å². The molecule has 0 fully saturated rings. The van der Waals surface area contributed by atoms with Crippen molar-refractivity contribution in [3.05, 3.63) is 94.5 Å². The Kier molecular flexibility index (Phi) is 7.14. The molecule has 0 aromatic heterocycles. The summed E-state index contributed by atoms with van der Waals surface area (Å²) >= 11 is 10.9. The van der Waals surface area contributed by atoms with E-state index >= 15 is 0 Å². The molecule has 0 spiro atoms. The average Bonchev–Trinajstić information content (AvgIpc) is 2.74. The summed E-state index contributed by atoms with van der Waals surface area (Å²) in [4.78, 5) is 12.4. The van der Waals surface area contributed by atoms with Crippen LogP contribution in [0.25, 0.3) is 0 Å². The van der Waals surface area contributed by atoms with Crippen molar-refractivity contribution in [1.29, 1.82) is 0 Å². The van der Waals surface area contributed by atoms with Crippen LogP contribution in [0.1, 0.15) is 21.5 Å². The van der Waals surface area contributed by atoms with Crippen LogP contribution in [0.5, 0.6) is 5.75 Å². The quantitative estimate of drug-likeness (QED) is 0.450. The van der Waals surface area contributed by atoms with Gasteiger partial charge in [-0.15, -0.1) is 0 Å². The number of hydrogen-bond donors (Lipinski definition) is 2. The van der Waals surface area contributed by atoms with Crippen LogP contribution in [0, 0.1) is 0 Å². The lowest BCUT2D eigenvalue weighted by Crippen LogP contribution is -2.34. The van der Waals surface area contributed by atoms with Crippen LogP contribution in [0.2, 0.25) is 5.02 Å². The highest BCUT2D eigenvalue weighted by Crippen LogP contribution is 2.33. The van der Waals surface area contributed by atoms with Gasteiger partial charge >= 0.3 is 6.18 Å². The predicted octanol–water partition coefficient (Wildman–Crippen LogP) is 6.06. The Morgan fingerprint density at radius 3 is 2.32 bits per heavy atom. The second kappa shape index (κ2) is 9.80. The first-order valence-corrected chi connectivity index (χ1v) is 9.77. The maximum Gasteiger partial charge on any atom is 0.416 e. The summed E-state index contributed by atoms with van der Waals surface area (Å²) in [7, 11) is 0. The van der Waals surface area contributed by atoms with Gasteiger partial charge in [0.15, 0.2) is 5.11 Å². The molecule has 1 amide bonds. The molecule has 160 valence electrons. The topological polar surface area (TPSA) is 50.4 Å². The number of ether oxygens (including phenoxy) is 1. The number of anilines is 1. The van der Waals surface area contributed by atoms with Crippen molar-refractivity contribution >= 4 is 40.5 Å². The first kappa shape index (κ1) is 22.6. The van der Waals surface area contributed by atoms with Crippen molar-refractivity contribution in [3.8, 4) is 5.75 Å². The van der Waals surface area contributed by atoms with Gasteiger partial charge in [-0.05, 0) is 60.2 Å². The fraction of sp³-hybridized carbons (Fsp3) is 0.0909. The number of nitrogens with one attached hydrogen (secondary N) is 2. The van der Waals surface area contributed by atoms with Crippen LogP contribution in [0.15, 0.2) is 72.8 Å².